The normalized spacial score (nSPS) is 14.6. The number of carbonyl (C=O) groups is 1. The van der Waals surface area contributed by atoms with E-state index in [0.29, 0.717) is 17.4 Å². The molecule has 0 bridgehead atoms. The zero-order valence-electron chi connectivity index (χ0n) is 14.3. The summed E-state index contributed by atoms with van der Waals surface area (Å²) in [6, 6.07) is 7.65. The lowest BCUT2D eigenvalue weighted by Gasteiger charge is -2.39. The minimum Gasteiger partial charge on any atom is -0.480 e. The quantitative estimate of drug-likeness (QED) is 0.733. The van der Waals surface area contributed by atoms with E-state index in [1.807, 2.05) is 24.2 Å². The number of fused-ring (bicyclic) bond motifs is 1. The lowest BCUT2D eigenvalue weighted by atomic mass is 9.93. The fraction of sp³-hybridized carbons (Fsp3) is 0.316. The van der Waals surface area contributed by atoms with Crippen molar-refractivity contribution in [2.24, 2.45) is 13.0 Å². The standard InChI is InChI=1S/C19H20N4O2/c1-22-9-6-14-5-8-20-16(17(14)22)10-13-11-23(12-13)19(24)15-4-3-7-21-18(15)25-2/h3-9,13H,10-12H2,1-2H3. The van der Waals surface area contributed by atoms with Crippen LogP contribution >= 0.6 is 0 Å². The third-order valence-electron chi connectivity index (χ3n) is 4.78. The van der Waals surface area contributed by atoms with Crippen LogP contribution in [0, 0.1) is 5.92 Å². The molecular formula is C19H20N4O2. The largest absolute Gasteiger partial charge is 0.480 e. The van der Waals surface area contributed by atoms with Crippen LogP contribution in [-0.4, -0.2) is 45.5 Å². The highest BCUT2D eigenvalue weighted by Gasteiger charge is 2.33. The minimum atomic E-state index is -0.0220. The third kappa shape index (κ3) is 2.73. The molecule has 1 amide bonds. The minimum absolute atomic E-state index is 0.0220. The number of rotatable bonds is 4. The first-order chi connectivity index (χ1) is 12.2. The topological polar surface area (TPSA) is 60.2 Å². The number of hydrogen-bond acceptors (Lipinski definition) is 4. The fourth-order valence-electron chi connectivity index (χ4n) is 3.50. The lowest BCUT2D eigenvalue weighted by Crippen LogP contribution is -2.50. The van der Waals surface area contributed by atoms with Crippen LogP contribution in [0.15, 0.2) is 42.9 Å². The molecule has 1 saturated heterocycles. The van der Waals surface area contributed by atoms with Gasteiger partial charge in [0, 0.05) is 44.1 Å². The molecule has 0 atom stereocenters. The summed E-state index contributed by atoms with van der Waals surface area (Å²) >= 11 is 0. The molecule has 25 heavy (non-hydrogen) atoms. The zero-order valence-corrected chi connectivity index (χ0v) is 14.3. The molecule has 0 spiro atoms. The highest BCUT2D eigenvalue weighted by atomic mass is 16.5. The number of likely N-dealkylation sites (tertiary alicyclic amines) is 1. The van der Waals surface area contributed by atoms with E-state index in [-0.39, 0.29) is 5.91 Å². The Morgan fingerprint density at radius 1 is 1.24 bits per heavy atom. The Morgan fingerprint density at radius 2 is 2.08 bits per heavy atom. The van der Waals surface area contributed by atoms with Gasteiger partial charge in [-0.3, -0.25) is 9.78 Å². The molecular weight excluding hydrogens is 316 g/mol. The summed E-state index contributed by atoms with van der Waals surface area (Å²) in [5.74, 6) is 0.789. The van der Waals surface area contributed by atoms with Gasteiger partial charge in [0.15, 0.2) is 0 Å². The first kappa shape index (κ1) is 15.6. The summed E-state index contributed by atoms with van der Waals surface area (Å²) in [7, 11) is 3.57. The van der Waals surface area contributed by atoms with E-state index in [9.17, 15) is 4.79 Å². The molecule has 4 rings (SSSR count). The summed E-state index contributed by atoms with van der Waals surface area (Å²) in [6.45, 7) is 1.47. The summed E-state index contributed by atoms with van der Waals surface area (Å²) in [5, 5.41) is 1.21. The van der Waals surface area contributed by atoms with Crippen molar-refractivity contribution in [3.63, 3.8) is 0 Å². The number of aryl methyl sites for hydroxylation is 1. The predicted molar refractivity (Wildman–Crippen MR) is 94.6 cm³/mol. The van der Waals surface area contributed by atoms with Crippen LogP contribution < -0.4 is 4.74 Å². The van der Waals surface area contributed by atoms with Crippen LogP contribution in [0.3, 0.4) is 0 Å². The Hall–Kier alpha value is -2.89. The van der Waals surface area contributed by atoms with Crippen molar-refractivity contribution < 1.29 is 9.53 Å². The van der Waals surface area contributed by atoms with E-state index < -0.39 is 0 Å². The Bertz CT molecular complexity index is 928. The van der Waals surface area contributed by atoms with E-state index >= 15 is 0 Å². The average Bonchev–Trinajstić information content (AvgIpc) is 2.99. The Labute approximate surface area is 146 Å². The number of pyridine rings is 2. The Kier molecular flexibility index (Phi) is 3.87. The van der Waals surface area contributed by atoms with Gasteiger partial charge < -0.3 is 14.2 Å². The van der Waals surface area contributed by atoms with Gasteiger partial charge in [-0.05, 0) is 36.6 Å². The highest BCUT2D eigenvalue weighted by molar-refractivity contribution is 5.96. The monoisotopic (exact) mass is 336 g/mol. The second-order valence-corrected chi connectivity index (χ2v) is 6.46. The van der Waals surface area contributed by atoms with Crippen molar-refractivity contribution in [1.82, 2.24) is 19.4 Å². The van der Waals surface area contributed by atoms with Crippen LogP contribution in [-0.2, 0) is 13.5 Å². The van der Waals surface area contributed by atoms with Crippen LogP contribution in [0.1, 0.15) is 16.1 Å². The summed E-state index contributed by atoms with van der Waals surface area (Å²) in [5.41, 5.74) is 2.80. The second-order valence-electron chi connectivity index (χ2n) is 6.46. The molecule has 1 aliphatic heterocycles. The lowest BCUT2D eigenvalue weighted by molar-refractivity contribution is 0.0496. The number of hydrogen-bond donors (Lipinski definition) is 0. The molecule has 1 fully saturated rings. The van der Waals surface area contributed by atoms with Gasteiger partial charge in [-0.15, -0.1) is 0 Å². The van der Waals surface area contributed by atoms with E-state index in [2.05, 4.69) is 26.8 Å². The molecule has 4 heterocycles. The van der Waals surface area contributed by atoms with Gasteiger partial charge in [0.2, 0.25) is 5.88 Å². The molecule has 1 aliphatic rings. The summed E-state index contributed by atoms with van der Waals surface area (Å²) < 4.78 is 7.30. The first-order valence-electron chi connectivity index (χ1n) is 8.34. The third-order valence-corrected chi connectivity index (χ3v) is 4.78. The molecule has 0 aromatic carbocycles. The van der Waals surface area contributed by atoms with E-state index in [1.165, 1.54) is 18.0 Å². The van der Waals surface area contributed by atoms with Crippen LogP contribution in [0.25, 0.3) is 10.9 Å². The number of ether oxygens (including phenoxy) is 1. The van der Waals surface area contributed by atoms with Crippen molar-refractivity contribution in [3.05, 3.63) is 54.1 Å². The SMILES string of the molecule is COc1ncccc1C(=O)N1CC(Cc2nccc3ccn(C)c23)C1. The number of methoxy groups -OCH3 is 1. The molecule has 3 aromatic heterocycles. The van der Waals surface area contributed by atoms with Gasteiger partial charge in [-0.1, -0.05) is 0 Å². The second kappa shape index (κ2) is 6.20. The number of aromatic nitrogens is 3. The molecule has 6 nitrogen and oxygen atoms in total. The summed E-state index contributed by atoms with van der Waals surface area (Å²) in [6.07, 6.45) is 6.42. The number of amides is 1. The molecule has 0 radical (unpaired) electrons. The van der Waals surface area contributed by atoms with E-state index in [0.717, 1.165) is 25.2 Å². The average molecular weight is 336 g/mol. The van der Waals surface area contributed by atoms with Gasteiger partial charge in [-0.2, -0.15) is 0 Å². The van der Waals surface area contributed by atoms with Crippen molar-refractivity contribution in [3.8, 4) is 5.88 Å². The Morgan fingerprint density at radius 3 is 2.88 bits per heavy atom. The molecule has 3 aromatic rings. The molecule has 128 valence electrons. The van der Waals surface area contributed by atoms with Crippen molar-refractivity contribution in [2.45, 2.75) is 6.42 Å². The van der Waals surface area contributed by atoms with E-state index in [1.54, 1.807) is 18.3 Å². The van der Waals surface area contributed by atoms with Gasteiger partial charge in [0.1, 0.15) is 5.56 Å². The zero-order chi connectivity index (χ0) is 17.4. The maximum atomic E-state index is 12.6. The van der Waals surface area contributed by atoms with Crippen LogP contribution in [0.2, 0.25) is 0 Å². The maximum absolute atomic E-state index is 12.6. The van der Waals surface area contributed by atoms with Gasteiger partial charge in [-0.25, -0.2) is 4.98 Å². The highest BCUT2D eigenvalue weighted by Crippen LogP contribution is 2.27. The Balaban J connectivity index is 1.45. The van der Waals surface area contributed by atoms with Gasteiger partial charge >= 0.3 is 0 Å². The molecule has 0 aliphatic carbocycles. The maximum Gasteiger partial charge on any atom is 0.259 e. The van der Waals surface area contributed by atoms with Crippen molar-refractivity contribution in [1.29, 1.82) is 0 Å². The van der Waals surface area contributed by atoms with Crippen molar-refractivity contribution in [2.75, 3.05) is 20.2 Å². The molecule has 0 saturated carbocycles. The first-order valence-corrected chi connectivity index (χ1v) is 8.34. The number of carbonyl (C=O) groups excluding carboxylic acids is 1. The number of nitrogens with zero attached hydrogens (tertiary/aromatic N) is 4. The van der Waals surface area contributed by atoms with Gasteiger partial charge in [0.25, 0.3) is 5.91 Å². The molecule has 6 heteroatoms. The smallest absolute Gasteiger partial charge is 0.259 e. The van der Waals surface area contributed by atoms with Crippen LogP contribution in [0.4, 0.5) is 0 Å². The van der Waals surface area contributed by atoms with Crippen molar-refractivity contribution >= 4 is 16.8 Å². The predicted octanol–water partition coefficient (Wildman–Crippen LogP) is 2.29. The van der Waals surface area contributed by atoms with Gasteiger partial charge in [0.05, 0.1) is 18.3 Å². The molecule has 0 N–H and O–H groups in total. The fourth-order valence-corrected chi connectivity index (χ4v) is 3.50. The summed E-state index contributed by atoms with van der Waals surface area (Å²) in [4.78, 5) is 23.1. The molecule has 0 unspecified atom stereocenters. The van der Waals surface area contributed by atoms with E-state index in [4.69, 9.17) is 4.74 Å². The van der Waals surface area contributed by atoms with Crippen LogP contribution in [0.5, 0.6) is 5.88 Å².